The van der Waals surface area contributed by atoms with Gasteiger partial charge in [-0.1, -0.05) is 36.4 Å². The average Bonchev–Trinajstić information content (AvgIpc) is 3.10. The summed E-state index contributed by atoms with van der Waals surface area (Å²) in [7, 11) is 1.60. The zero-order valence-electron chi connectivity index (χ0n) is 14.3. The Morgan fingerprint density at radius 3 is 2.76 bits per heavy atom. The molecular formula is C20H20N2O2S. The lowest BCUT2D eigenvalue weighted by atomic mass is 10.2. The molecule has 0 aliphatic rings. The fourth-order valence-electron chi connectivity index (χ4n) is 2.51. The molecule has 25 heavy (non-hydrogen) atoms. The fraction of sp³-hybridized carbons (Fsp3) is 0.200. The normalized spacial score (nSPS) is 10.5. The number of aryl methyl sites for hydroxylation is 2. The van der Waals surface area contributed by atoms with Crippen molar-refractivity contribution in [1.29, 1.82) is 0 Å². The summed E-state index contributed by atoms with van der Waals surface area (Å²) in [6.45, 7) is 1.98. The summed E-state index contributed by atoms with van der Waals surface area (Å²) in [5, 5.41) is 5.92. The van der Waals surface area contributed by atoms with E-state index in [1.807, 2.05) is 60.8 Å². The molecule has 5 heteroatoms. The van der Waals surface area contributed by atoms with E-state index in [1.165, 1.54) is 0 Å². The second kappa shape index (κ2) is 7.94. The molecule has 0 radical (unpaired) electrons. The van der Waals surface area contributed by atoms with Crippen LogP contribution < -0.4 is 10.1 Å². The molecule has 128 valence electrons. The van der Waals surface area contributed by atoms with E-state index in [0.717, 1.165) is 21.8 Å². The molecule has 1 aromatic heterocycles. The second-order valence-corrected chi connectivity index (χ2v) is 6.62. The number of anilines is 1. The van der Waals surface area contributed by atoms with Crippen LogP contribution in [0.2, 0.25) is 0 Å². The number of thiazole rings is 1. The van der Waals surface area contributed by atoms with E-state index < -0.39 is 0 Å². The van der Waals surface area contributed by atoms with Crippen LogP contribution in [-0.4, -0.2) is 18.0 Å². The van der Waals surface area contributed by atoms with Crippen molar-refractivity contribution in [3.8, 4) is 16.3 Å². The molecule has 1 N–H and O–H groups in total. The van der Waals surface area contributed by atoms with Crippen LogP contribution in [0, 0.1) is 6.92 Å². The number of nitrogens with zero attached hydrogens (tertiary/aromatic N) is 1. The molecule has 0 saturated heterocycles. The van der Waals surface area contributed by atoms with E-state index in [9.17, 15) is 4.79 Å². The van der Waals surface area contributed by atoms with E-state index in [-0.39, 0.29) is 5.91 Å². The Hall–Kier alpha value is -2.66. The number of aromatic nitrogens is 1. The molecule has 0 atom stereocenters. The van der Waals surface area contributed by atoms with Gasteiger partial charge in [-0.05, 0) is 31.0 Å². The zero-order valence-corrected chi connectivity index (χ0v) is 15.1. The molecule has 0 saturated carbocycles. The van der Waals surface area contributed by atoms with Crippen molar-refractivity contribution in [2.24, 2.45) is 0 Å². The molecule has 3 aromatic rings. The topological polar surface area (TPSA) is 51.2 Å². The number of methoxy groups -OCH3 is 1. The summed E-state index contributed by atoms with van der Waals surface area (Å²) < 4.78 is 5.29. The average molecular weight is 352 g/mol. The van der Waals surface area contributed by atoms with Crippen LogP contribution in [-0.2, 0) is 11.2 Å². The van der Waals surface area contributed by atoms with Crippen LogP contribution in [0.3, 0.4) is 0 Å². The van der Waals surface area contributed by atoms with Crippen molar-refractivity contribution in [2.45, 2.75) is 19.8 Å². The maximum atomic E-state index is 12.3. The Kier molecular flexibility index (Phi) is 5.46. The van der Waals surface area contributed by atoms with E-state index in [2.05, 4.69) is 10.3 Å². The summed E-state index contributed by atoms with van der Waals surface area (Å²) in [5.41, 5.74) is 3.82. The Labute approximate surface area is 151 Å². The van der Waals surface area contributed by atoms with Crippen molar-refractivity contribution >= 4 is 22.9 Å². The van der Waals surface area contributed by atoms with Crippen molar-refractivity contribution in [3.63, 3.8) is 0 Å². The SMILES string of the molecule is COc1ccc(C)cc1NC(=O)CCc1csc(-c2ccccc2)n1. The molecule has 0 bridgehead atoms. The Morgan fingerprint density at radius 2 is 2.00 bits per heavy atom. The molecule has 2 aromatic carbocycles. The fourth-order valence-corrected chi connectivity index (χ4v) is 3.37. The van der Waals surface area contributed by atoms with E-state index in [0.29, 0.717) is 24.3 Å². The highest BCUT2D eigenvalue weighted by molar-refractivity contribution is 7.13. The predicted molar refractivity (Wildman–Crippen MR) is 102 cm³/mol. The summed E-state index contributed by atoms with van der Waals surface area (Å²) in [4.78, 5) is 16.9. The van der Waals surface area contributed by atoms with E-state index in [4.69, 9.17) is 4.74 Å². The van der Waals surface area contributed by atoms with Gasteiger partial charge in [0.15, 0.2) is 0 Å². The molecule has 0 aliphatic heterocycles. The van der Waals surface area contributed by atoms with Crippen LogP contribution in [0.1, 0.15) is 17.7 Å². The highest BCUT2D eigenvalue weighted by atomic mass is 32.1. The minimum Gasteiger partial charge on any atom is -0.495 e. The van der Waals surface area contributed by atoms with Gasteiger partial charge in [-0.15, -0.1) is 11.3 Å². The van der Waals surface area contributed by atoms with Crippen LogP contribution >= 0.6 is 11.3 Å². The first-order valence-corrected chi connectivity index (χ1v) is 8.98. The summed E-state index contributed by atoms with van der Waals surface area (Å²) in [6.07, 6.45) is 0.998. The highest BCUT2D eigenvalue weighted by Gasteiger charge is 2.10. The number of benzene rings is 2. The lowest BCUT2D eigenvalue weighted by Gasteiger charge is -2.10. The van der Waals surface area contributed by atoms with Gasteiger partial charge in [-0.25, -0.2) is 4.98 Å². The maximum Gasteiger partial charge on any atom is 0.224 e. The second-order valence-electron chi connectivity index (χ2n) is 5.76. The predicted octanol–water partition coefficient (Wildman–Crippen LogP) is 4.70. The Balaban J connectivity index is 1.60. The van der Waals surface area contributed by atoms with Gasteiger partial charge in [-0.3, -0.25) is 4.79 Å². The van der Waals surface area contributed by atoms with Crippen LogP contribution in [0.25, 0.3) is 10.6 Å². The van der Waals surface area contributed by atoms with Gasteiger partial charge < -0.3 is 10.1 Å². The molecule has 0 unspecified atom stereocenters. The van der Waals surface area contributed by atoms with Crippen molar-refractivity contribution < 1.29 is 9.53 Å². The summed E-state index contributed by atoms with van der Waals surface area (Å²) in [6, 6.07) is 15.8. The van der Waals surface area contributed by atoms with Crippen LogP contribution in [0.4, 0.5) is 5.69 Å². The first kappa shape index (κ1) is 17.2. The van der Waals surface area contributed by atoms with E-state index in [1.54, 1.807) is 18.4 Å². The first-order chi connectivity index (χ1) is 12.2. The molecule has 0 spiro atoms. The van der Waals surface area contributed by atoms with E-state index >= 15 is 0 Å². The van der Waals surface area contributed by atoms with Gasteiger partial charge in [0.1, 0.15) is 10.8 Å². The van der Waals surface area contributed by atoms with Crippen LogP contribution in [0.5, 0.6) is 5.75 Å². The smallest absolute Gasteiger partial charge is 0.224 e. The van der Waals surface area contributed by atoms with Gasteiger partial charge in [0.05, 0.1) is 18.5 Å². The zero-order chi connectivity index (χ0) is 17.6. The molecular weight excluding hydrogens is 332 g/mol. The third-order valence-corrected chi connectivity index (χ3v) is 4.75. The van der Waals surface area contributed by atoms with Crippen molar-refractivity contribution in [1.82, 2.24) is 4.98 Å². The highest BCUT2D eigenvalue weighted by Crippen LogP contribution is 2.26. The minimum atomic E-state index is -0.0434. The van der Waals surface area contributed by atoms with Gasteiger partial charge in [0.25, 0.3) is 0 Å². The first-order valence-electron chi connectivity index (χ1n) is 8.10. The van der Waals surface area contributed by atoms with Crippen LogP contribution in [0.15, 0.2) is 53.9 Å². The molecule has 4 nitrogen and oxygen atoms in total. The number of amides is 1. The number of hydrogen-bond donors (Lipinski definition) is 1. The molecule has 1 heterocycles. The van der Waals surface area contributed by atoms with Gasteiger partial charge in [0, 0.05) is 17.4 Å². The number of carbonyl (C=O) groups is 1. The number of hydrogen-bond acceptors (Lipinski definition) is 4. The van der Waals surface area contributed by atoms with Gasteiger partial charge in [0.2, 0.25) is 5.91 Å². The minimum absolute atomic E-state index is 0.0434. The van der Waals surface area contributed by atoms with Crippen molar-refractivity contribution in [2.75, 3.05) is 12.4 Å². The summed E-state index contributed by atoms with van der Waals surface area (Å²) in [5.74, 6) is 0.622. The standard InChI is InChI=1S/C20H20N2O2S/c1-14-8-10-18(24-2)17(12-14)22-19(23)11-9-16-13-25-20(21-16)15-6-4-3-5-7-15/h3-8,10,12-13H,9,11H2,1-2H3,(H,22,23). The Bertz CT molecular complexity index is 859. The quantitative estimate of drug-likeness (QED) is 0.700. The largest absolute Gasteiger partial charge is 0.495 e. The monoisotopic (exact) mass is 352 g/mol. The lowest BCUT2D eigenvalue weighted by Crippen LogP contribution is -2.13. The maximum absolute atomic E-state index is 12.3. The number of carbonyl (C=O) groups excluding carboxylic acids is 1. The van der Waals surface area contributed by atoms with Gasteiger partial charge in [-0.2, -0.15) is 0 Å². The summed E-state index contributed by atoms with van der Waals surface area (Å²) >= 11 is 1.60. The molecule has 0 fully saturated rings. The third kappa shape index (κ3) is 4.45. The molecule has 0 aliphatic carbocycles. The lowest BCUT2D eigenvalue weighted by molar-refractivity contribution is -0.116. The molecule has 3 rings (SSSR count). The number of rotatable bonds is 6. The number of nitrogens with one attached hydrogen (secondary N) is 1. The van der Waals surface area contributed by atoms with Crippen molar-refractivity contribution in [3.05, 3.63) is 65.2 Å². The third-order valence-electron chi connectivity index (χ3n) is 3.81. The number of ether oxygens (including phenoxy) is 1. The van der Waals surface area contributed by atoms with Gasteiger partial charge >= 0.3 is 0 Å². The molecule has 1 amide bonds. The Morgan fingerprint density at radius 1 is 1.20 bits per heavy atom.